The van der Waals surface area contributed by atoms with E-state index in [9.17, 15) is 9.59 Å². The number of carboxylic acids is 1. The molecule has 3 rings (SSSR count). The first-order valence-electron chi connectivity index (χ1n) is 6.13. The van der Waals surface area contributed by atoms with Gasteiger partial charge in [-0.25, -0.2) is 9.59 Å². The standard InChI is InChI=1S/C8H6O2.C8H8O2/c9-8-7-4-2-1-3-6(7)5-10-8;1-6-4-2-3-5-7(6)8(9)10/h1-4H,5H2;2-5H,1H3,(H,9,10). The molecule has 2 aromatic rings. The van der Waals surface area contributed by atoms with Crippen LogP contribution in [0.5, 0.6) is 0 Å². The highest BCUT2D eigenvalue weighted by atomic mass is 16.5. The Bertz CT molecular complexity index is 640. The topological polar surface area (TPSA) is 63.6 Å². The minimum absolute atomic E-state index is 0.199. The number of aryl methyl sites for hydroxylation is 1. The van der Waals surface area contributed by atoms with Crippen molar-refractivity contribution in [3.63, 3.8) is 0 Å². The summed E-state index contributed by atoms with van der Waals surface area (Å²) in [5.74, 6) is -1.06. The van der Waals surface area contributed by atoms with Crippen LogP contribution in [0.3, 0.4) is 0 Å². The molecule has 0 radical (unpaired) electrons. The molecular formula is C16H14O4. The molecule has 4 heteroatoms. The predicted octanol–water partition coefficient (Wildman–Crippen LogP) is 3.05. The van der Waals surface area contributed by atoms with Crippen LogP contribution in [-0.4, -0.2) is 17.0 Å². The van der Waals surface area contributed by atoms with Crippen LogP contribution in [0.2, 0.25) is 0 Å². The van der Waals surface area contributed by atoms with Crippen LogP contribution in [0.4, 0.5) is 0 Å². The van der Waals surface area contributed by atoms with E-state index in [1.165, 1.54) is 0 Å². The Balaban J connectivity index is 0.000000147. The summed E-state index contributed by atoms with van der Waals surface area (Å²) >= 11 is 0. The summed E-state index contributed by atoms with van der Waals surface area (Å²) in [6.07, 6.45) is 0. The van der Waals surface area contributed by atoms with Gasteiger partial charge in [0.1, 0.15) is 6.61 Å². The van der Waals surface area contributed by atoms with Crippen LogP contribution in [0, 0.1) is 6.92 Å². The van der Waals surface area contributed by atoms with Gasteiger partial charge in [0, 0.05) is 5.56 Å². The normalized spacial score (nSPS) is 11.9. The van der Waals surface area contributed by atoms with Gasteiger partial charge in [0.25, 0.3) is 0 Å². The fraction of sp³-hybridized carbons (Fsp3) is 0.125. The van der Waals surface area contributed by atoms with Crippen LogP contribution in [0.1, 0.15) is 31.8 Å². The SMILES string of the molecule is Cc1ccccc1C(=O)O.O=C1OCc2ccccc21. The fourth-order valence-corrected chi connectivity index (χ4v) is 1.88. The van der Waals surface area contributed by atoms with E-state index in [1.807, 2.05) is 24.3 Å². The molecule has 0 bridgehead atoms. The number of fused-ring (bicyclic) bond motifs is 1. The highest BCUT2D eigenvalue weighted by molar-refractivity contribution is 5.93. The van der Waals surface area contributed by atoms with Crippen molar-refractivity contribution in [3.8, 4) is 0 Å². The minimum atomic E-state index is -0.863. The molecule has 0 saturated carbocycles. The summed E-state index contributed by atoms with van der Waals surface area (Å²) in [5.41, 5.74) is 2.88. The van der Waals surface area contributed by atoms with Crippen molar-refractivity contribution < 1.29 is 19.4 Å². The first-order valence-corrected chi connectivity index (χ1v) is 6.13. The fourth-order valence-electron chi connectivity index (χ4n) is 1.88. The molecule has 2 aromatic carbocycles. The maximum Gasteiger partial charge on any atom is 0.338 e. The minimum Gasteiger partial charge on any atom is -0.478 e. The van der Waals surface area contributed by atoms with Gasteiger partial charge >= 0.3 is 11.9 Å². The number of hydrogen-bond donors (Lipinski definition) is 1. The molecule has 0 amide bonds. The summed E-state index contributed by atoms with van der Waals surface area (Å²) in [7, 11) is 0. The van der Waals surface area contributed by atoms with E-state index in [2.05, 4.69) is 0 Å². The van der Waals surface area contributed by atoms with Crippen LogP contribution in [-0.2, 0) is 11.3 Å². The van der Waals surface area contributed by atoms with E-state index in [4.69, 9.17) is 9.84 Å². The van der Waals surface area contributed by atoms with Crippen molar-refractivity contribution in [3.05, 3.63) is 70.8 Å². The van der Waals surface area contributed by atoms with Gasteiger partial charge in [0.05, 0.1) is 11.1 Å². The lowest BCUT2D eigenvalue weighted by Gasteiger charge is -1.96. The number of ether oxygens (including phenoxy) is 1. The third kappa shape index (κ3) is 3.03. The second kappa shape index (κ2) is 6.02. The Hall–Kier alpha value is -2.62. The molecule has 1 aliphatic heterocycles. The lowest BCUT2D eigenvalue weighted by atomic mass is 10.1. The Kier molecular flexibility index (Phi) is 4.15. The van der Waals surface area contributed by atoms with E-state index in [0.29, 0.717) is 17.7 Å². The molecule has 0 saturated heterocycles. The molecule has 1 heterocycles. The van der Waals surface area contributed by atoms with Gasteiger partial charge in [-0.15, -0.1) is 0 Å². The van der Waals surface area contributed by atoms with Gasteiger partial charge in [-0.1, -0.05) is 36.4 Å². The van der Waals surface area contributed by atoms with E-state index >= 15 is 0 Å². The van der Waals surface area contributed by atoms with E-state index in [-0.39, 0.29) is 5.97 Å². The van der Waals surface area contributed by atoms with Crippen molar-refractivity contribution in [2.75, 3.05) is 0 Å². The van der Waals surface area contributed by atoms with Gasteiger partial charge in [-0.2, -0.15) is 0 Å². The van der Waals surface area contributed by atoms with Crippen LogP contribution < -0.4 is 0 Å². The van der Waals surface area contributed by atoms with Gasteiger partial charge in [-0.05, 0) is 24.6 Å². The summed E-state index contributed by atoms with van der Waals surface area (Å²) in [6, 6.07) is 14.3. The predicted molar refractivity (Wildman–Crippen MR) is 73.7 cm³/mol. The number of carbonyl (C=O) groups excluding carboxylic acids is 1. The summed E-state index contributed by atoms with van der Waals surface area (Å²) < 4.78 is 4.78. The summed E-state index contributed by atoms with van der Waals surface area (Å²) in [4.78, 5) is 21.3. The molecule has 0 spiro atoms. The molecule has 102 valence electrons. The van der Waals surface area contributed by atoms with Crippen molar-refractivity contribution in [1.82, 2.24) is 0 Å². The van der Waals surface area contributed by atoms with Crippen molar-refractivity contribution in [1.29, 1.82) is 0 Å². The molecule has 4 nitrogen and oxygen atoms in total. The number of rotatable bonds is 1. The maximum absolute atomic E-state index is 10.8. The van der Waals surface area contributed by atoms with Crippen LogP contribution in [0.25, 0.3) is 0 Å². The monoisotopic (exact) mass is 270 g/mol. The van der Waals surface area contributed by atoms with Gasteiger partial charge in [-0.3, -0.25) is 0 Å². The highest BCUT2D eigenvalue weighted by Gasteiger charge is 2.18. The Morgan fingerprint density at radius 1 is 1.10 bits per heavy atom. The van der Waals surface area contributed by atoms with Gasteiger partial charge in [0.2, 0.25) is 0 Å². The number of hydrogen-bond acceptors (Lipinski definition) is 3. The first-order chi connectivity index (χ1) is 9.59. The second-order valence-electron chi connectivity index (χ2n) is 4.35. The molecule has 1 aliphatic rings. The Morgan fingerprint density at radius 2 is 1.75 bits per heavy atom. The van der Waals surface area contributed by atoms with Crippen LogP contribution >= 0.6 is 0 Å². The van der Waals surface area contributed by atoms with Crippen LogP contribution in [0.15, 0.2) is 48.5 Å². The lowest BCUT2D eigenvalue weighted by molar-refractivity contribution is 0.0534. The summed E-state index contributed by atoms with van der Waals surface area (Å²) in [6.45, 7) is 2.22. The number of esters is 1. The first kappa shape index (κ1) is 13.8. The average molecular weight is 270 g/mol. The van der Waals surface area contributed by atoms with Gasteiger partial charge in [0.15, 0.2) is 0 Å². The van der Waals surface area contributed by atoms with E-state index in [0.717, 1.165) is 11.1 Å². The number of carbonyl (C=O) groups is 2. The van der Waals surface area contributed by atoms with Crippen molar-refractivity contribution in [2.45, 2.75) is 13.5 Å². The third-order valence-corrected chi connectivity index (χ3v) is 2.97. The zero-order valence-electron chi connectivity index (χ0n) is 11.0. The Morgan fingerprint density at radius 3 is 2.35 bits per heavy atom. The number of aromatic carboxylic acids is 1. The van der Waals surface area contributed by atoms with Crippen molar-refractivity contribution >= 4 is 11.9 Å². The number of cyclic esters (lactones) is 1. The lowest BCUT2D eigenvalue weighted by Crippen LogP contribution is -1.97. The van der Waals surface area contributed by atoms with Gasteiger partial charge < -0.3 is 9.84 Å². The zero-order chi connectivity index (χ0) is 14.5. The highest BCUT2D eigenvalue weighted by Crippen LogP contribution is 2.18. The zero-order valence-corrected chi connectivity index (χ0v) is 11.0. The molecule has 1 N–H and O–H groups in total. The molecule has 0 fully saturated rings. The van der Waals surface area contributed by atoms with Crippen molar-refractivity contribution in [2.24, 2.45) is 0 Å². The third-order valence-electron chi connectivity index (χ3n) is 2.97. The molecule has 0 aromatic heterocycles. The quantitative estimate of drug-likeness (QED) is 0.809. The smallest absolute Gasteiger partial charge is 0.338 e. The Labute approximate surface area is 116 Å². The maximum atomic E-state index is 10.8. The van der Waals surface area contributed by atoms with E-state index in [1.54, 1.807) is 31.2 Å². The average Bonchev–Trinajstić information content (AvgIpc) is 2.82. The summed E-state index contributed by atoms with van der Waals surface area (Å²) in [5, 5.41) is 8.57. The molecule has 0 unspecified atom stereocenters. The second-order valence-corrected chi connectivity index (χ2v) is 4.35. The molecular weight excluding hydrogens is 256 g/mol. The molecule has 0 aliphatic carbocycles. The molecule has 0 atom stereocenters. The molecule has 20 heavy (non-hydrogen) atoms. The largest absolute Gasteiger partial charge is 0.478 e. The van der Waals surface area contributed by atoms with E-state index < -0.39 is 5.97 Å². The number of benzene rings is 2. The number of carboxylic acid groups (broad SMARTS) is 1.